The molecule has 0 aliphatic heterocycles. The Morgan fingerprint density at radius 2 is 1.76 bits per heavy atom. The van der Waals surface area contributed by atoms with Crippen molar-refractivity contribution in [3.63, 3.8) is 0 Å². The lowest BCUT2D eigenvalue weighted by Gasteiger charge is -2.28. The van der Waals surface area contributed by atoms with Crippen LogP contribution in [0.1, 0.15) is 66.8 Å². The van der Waals surface area contributed by atoms with Crippen LogP contribution in [0.3, 0.4) is 0 Å². The van der Waals surface area contributed by atoms with Crippen LogP contribution in [0.5, 0.6) is 0 Å². The monoisotopic (exact) mass is 590 g/mol. The molecular formula is C22H31IN4O5S. The lowest BCUT2D eigenvalue weighted by Crippen LogP contribution is -2.44. The maximum absolute atomic E-state index is 13.1. The van der Waals surface area contributed by atoms with E-state index in [0.717, 1.165) is 24.2 Å². The first kappa shape index (κ1) is 26.0. The third kappa shape index (κ3) is 6.72. The fraction of sp³-hybridized carbons (Fsp3) is 0.636. The van der Waals surface area contributed by atoms with Crippen LogP contribution in [0.4, 0.5) is 15.4 Å². The Balaban J connectivity index is 1.97. The second-order valence-electron chi connectivity index (χ2n) is 10.1. The molecule has 0 spiro atoms. The molecule has 11 heteroatoms. The first-order valence-electron chi connectivity index (χ1n) is 10.9. The van der Waals surface area contributed by atoms with Crippen LogP contribution in [-0.4, -0.2) is 44.5 Å². The smallest absolute Gasteiger partial charge is 0.425 e. The van der Waals surface area contributed by atoms with E-state index in [-0.39, 0.29) is 11.9 Å². The van der Waals surface area contributed by atoms with Crippen molar-refractivity contribution in [1.82, 2.24) is 14.5 Å². The number of hydrogen-bond acceptors (Lipinski definition) is 8. The van der Waals surface area contributed by atoms with Gasteiger partial charge in [-0.05, 0) is 72.8 Å². The standard InChI is InChI=1S/C22H31IN4O5S/c1-21(2,3)31-19(28)27(20(29)32-22(4,5)6)18-16-9-10-26(17(16)24-13-25-18)15-8-7-14(11-15)12-30-33-23/h9-10,13-15H,7-8,11-12H2,1-6H3. The molecule has 2 heterocycles. The zero-order valence-corrected chi connectivity index (χ0v) is 22.8. The number of carbonyl (C=O) groups is 2. The third-order valence-electron chi connectivity index (χ3n) is 5.11. The molecule has 2 aromatic rings. The Morgan fingerprint density at radius 3 is 2.33 bits per heavy atom. The largest absolute Gasteiger partial charge is 0.443 e. The normalized spacial score (nSPS) is 19.0. The Labute approximate surface area is 210 Å². The third-order valence-corrected chi connectivity index (χ3v) is 6.10. The predicted octanol–water partition coefficient (Wildman–Crippen LogP) is 6.46. The van der Waals surface area contributed by atoms with Crippen molar-refractivity contribution in [3.05, 3.63) is 18.6 Å². The molecule has 0 bridgehead atoms. The van der Waals surface area contributed by atoms with Crippen LogP contribution in [0.25, 0.3) is 11.0 Å². The van der Waals surface area contributed by atoms with Crippen molar-refractivity contribution >= 4 is 59.5 Å². The van der Waals surface area contributed by atoms with Gasteiger partial charge in [0.05, 0.1) is 21.2 Å². The summed E-state index contributed by atoms with van der Waals surface area (Å²) in [7, 11) is 1.36. The SMILES string of the molecule is CC(C)(C)OC(=O)N(C(=O)OC(C)(C)C)c1ncnc2c1ccn2C1CCC(COSI)C1. The Kier molecular flexibility index (Phi) is 8.15. The molecule has 2 unspecified atom stereocenters. The molecule has 1 fully saturated rings. The molecule has 9 nitrogen and oxygen atoms in total. The lowest BCUT2D eigenvalue weighted by atomic mass is 10.1. The van der Waals surface area contributed by atoms with Crippen LogP contribution in [0.15, 0.2) is 18.6 Å². The number of anilines is 1. The van der Waals surface area contributed by atoms with Gasteiger partial charge in [-0.25, -0.2) is 19.6 Å². The number of fused-ring (bicyclic) bond motifs is 1. The van der Waals surface area contributed by atoms with Crippen LogP contribution >= 0.6 is 30.4 Å². The molecule has 0 aromatic carbocycles. The number of amides is 2. The van der Waals surface area contributed by atoms with E-state index in [1.807, 2.05) is 12.3 Å². The molecule has 1 aliphatic carbocycles. The maximum Gasteiger partial charge on any atom is 0.425 e. The van der Waals surface area contributed by atoms with Gasteiger partial charge in [-0.3, -0.25) is 0 Å². The van der Waals surface area contributed by atoms with Gasteiger partial charge in [-0.2, -0.15) is 4.90 Å². The Bertz CT molecular complexity index is 973. The van der Waals surface area contributed by atoms with Gasteiger partial charge in [-0.1, -0.05) is 0 Å². The summed E-state index contributed by atoms with van der Waals surface area (Å²) in [4.78, 5) is 35.7. The molecule has 1 aliphatic rings. The molecule has 0 saturated heterocycles. The summed E-state index contributed by atoms with van der Waals surface area (Å²) < 4.78 is 18.6. The van der Waals surface area contributed by atoms with E-state index in [4.69, 9.17) is 13.7 Å². The molecule has 2 amide bonds. The van der Waals surface area contributed by atoms with Gasteiger partial charge < -0.3 is 18.2 Å². The van der Waals surface area contributed by atoms with Gasteiger partial charge in [0.25, 0.3) is 0 Å². The zero-order valence-electron chi connectivity index (χ0n) is 19.8. The van der Waals surface area contributed by atoms with Gasteiger partial charge in [-0.15, -0.1) is 0 Å². The average molecular weight is 590 g/mol. The molecule has 2 aromatic heterocycles. The van der Waals surface area contributed by atoms with Crippen LogP contribution in [0.2, 0.25) is 0 Å². The molecule has 3 rings (SSSR count). The number of hydrogen-bond donors (Lipinski definition) is 0. The van der Waals surface area contributed by atoms with Gasteiger partial charge in [0.1, 0.15) is 23.2 Å². The topological polar surface area (TPSA) is 95.8 Å². The van der Waals surface area contributed by atoms with E-state index in [1.165, 1.54) is 15.5 Å². The zero-order chi connectivity index (χ0) is 24.4. The second-order valence-corrected chi connectivity index (χ2v) is 11.6. The predicted molar refractivity (Wildman–Crippen MR) is 136 cm³/mol. The highest BCUT2D eigenvalue weighted by Crippen LogP contribution is 2.38. The molecule has 2 atom stereocenters. The summed E-state index contributed by atoms with van der Waals surface area (Å²) in [6, 6.07) is 2.09. The quantitative estimate of drug-likeness (QED) is 0.289. The molecule has 182 valence electrons. The number of halogens is 1. The minimum absolute atomic E-state index is 0.140. The van der Waals surface area contributed by atoms with Gasteiger partial charge >= 0.3 is 12.2 Å². The van der Waals surface area contributed by atoms with Gasteiger partial charge in [0.15, 0.2) is 5.82 Å². The van der Waals surface area contributed by atoms with Gasteiger partial charge in [0.2, 0.25) is 0 Å². The summed E-state index contributed by atoms with van der Waals surface area (Å²) in [5.74, 6) is 0.623. The van der Waals surface area contributed by atoms with Crippen molar-refractivity contribution in [2.45, 2.75) is 78.0 Å². The van der Waals surface area contributed by atoms with Gasteiger partial charge in [0, 0.05) is 33.4 Å². The van der Waals surface area contributed by atoms with E-state index in [0.29, 0.717) is 23.6 Å². The van der Waals surface area contributed by atoms with Crippen molar-refractivity contribution < 1.29 is 23.2 Å². The summed E-state index contributed by atoms with van der Waals surface area (Å²) in [5.41, 5.74) is -0.939. The molecule has 1 saturated carbocycles. The highest BCUT2D eigenvalue weighted by Gasteiger charge is 2.35. The van der Waals surface area contributed by atoms with Crippen molar-refractivity contribution in [2.75, 3.05) is 11.5 Å². The lowest BCUT2D eigenvalue weighted by molar-refractivity contribution is 0.0429. The average Bonchev–Trinajstić information content (AvgIpc) is 3.30. The molecule has 0 radical (unpaired) electrons. The first-order valence-corrected chi connectivity index (χ1v) is 14.2. The van der Waals surface area contributed by atoms with Crippen molar-refractivity contribution in [3.8, 4) is 0 Å². The molecular weight excluding hydrogens is 559 g/mol. The first-order chi connectivity index (χ1) is 15.4. The Morgan fingerprint density at radius 1 is 1.12 bits per heavy atom. The number of nitrogens with zero attached hydrogens (tertiary/aromatic N) is 4. The number of carbonyl (C=O) groups excluding carboxylic acids is 2. The second kappa shape index (κ2) is 10.3. The van der Waals surface area contributed by atoms with E-state index >= 15 is 0 Å². The van der Waals surface area contributed by atoms with Crippen molar-refractivity contribution in [1.29, 1.82) is 0 Å². The molecule has 0 N–H and O–H groups in total. The van der Waals surface area contributed by atoms with E-state index in [2.05, 4.69) is 35.7 Å². The molecule has 33 heavy (non-hydrogen) atoms. The van der Waals surface area contributed by atoms with E-state index in [9.17, 15) is 9.59 Å². The minimum Gasteiger partial charge on any atom is -0.443 e. The summed E-state index contributed by atoms with van der Waals surface area (Å²) >= 11 is 2.13. The summed E-state index contributed by atoms with van der Waals surface area (Å²) in [6.07, 6.45) is 4.65. The highest BCUT2D eigenvalue weighted by atomic mass is 127. The number of aromatic nitrogens is 3. The highest BCUT2D eigenvalue weighted by molar-refractivity contribution is 14.2. The van der Waals surface area contributed by atoms with E-state index in [1.54, 1.807) is 41.5 Å². The van der Waals surface area contributed by atoms with Crippen molar-refractivity contribution in [2.24, 2.45) is 5.92 Å². The maximum atomic E-state index is 13.1. The summed E-state index contributed by atoms with van der Waals surface area (Å²) in [5, 5.41) is 0.580. The minimum atomic E-state index is -0.848. The fourth-order valence-corrected chi connectivity index (χ4v) is 4.55. The fourth-order valence-electron chi connectivity index (χ4n) is 3.87. The summed E-state index contributed by atoms with van der Waals surface area (Å²) in [6.45, 7) is 11.1. The number of rotatable bonds is 5. The number of imide groups is 1. The van der Waals surface area contributed by atoms with E-state index < -0.39 is 23.4 Å². The van der Waals surface area contributed by atoms with Crippen LogP contribution < -0.4 is 4.90 Å². The Hall–Kier alpha value is -1.60. The van der Waals surface area contributed by atoms with Crippen LogP contribution in [0, 0.1) is 5.92 Å². The number of ether oxygens (including phenoxy) is 2. The van der Waals surface area contributed by atoms with Crippen LogP contribution in [-0.2, 0) is 13.7 Å².